The van der Waals surface area contributed by atoms with Gasteiger partial charge < -0.3 is 15.2 Å². The molecule has 136 valence electrons. The highest BCUT2D eigenvalue weighted by atomic mass is 16.5. The Morgan fingerprint density at radius 3 is 2.20 bits per heavy atom. The van der Waals surface area contributed by atoms with Crippen LogP contribution in [0.5, 0.6) is 17.4 Å². The van der Waals surface area contributed by atoms with Crippen molar-refractivity contribution in [1.82, 2.24) is 4.98 Å². The van der Waals surface area contributed by atoms with E-state index in [4.69, 9.17) is 9.47 Å². The molecule has 0 atom stereocenters. The zero-order chi connectivity index (χ0) is 18.7. The van der Waals surface area contributed by atoms with Crippen molar-refractivity contribution in [3.8, 4) is 17.4 Å². The molecule has 2 rings (SSSR count). The summed E-state index contributed by atoms with van der Waals surface area (Å²) in [5.74, 6) is 1.83. The lowest BCUT2D eigenvalue weighted by Gasteiger charge is -2.10. The second kappa shape index (κ2) is 11.1. The third-order valence-corrected chi connectivity index (χ3v) is 3.04. The molecule has 5 nitrogen and oxygen atoms in total. The van der Waals surface area contributed by atoms with Crippen molar-refractivity contribution >= 4 is 5.91 Å². The zero-order valence-electron chi connectivity index (χ0n) is 15.5. The van der Waals surface area contributed by atoms with E-state index in [1.54, 1.807) is 6.20 Å². The van der Waals surface area contributed by atoms with E-state index < -0.39 is 0 Å². The minimum atomic E-state index is -0.333. The average Bonchev–Trinajstić information content (AvgIpc) is 2.55. The molecular weight excluding hydrogens is 316 g/mol. The maximum absolute atomic E-state index is 9.22. The molecule has 0 saturated heterocycles. The molecule has 5 heteroatoms. The van der Waals surface area contributed by atoms with Crippen LogP contribution in [0.15, 0.2) is 42.6 Å². The summed E-state index contributed by atoms with van der Waals surface area (Å²) in [6.07, 6.45) is 5.37. The van der Waals surface area contributed by atoms with Crippen LogP contribution >= 0.6 is 0 Å². The molecule has 2 aromatic rings. The number of carbonyl (C=O) groups is 1. The molecule has 0 spiro atoms. The molecule has 0 unspecified atom stereocenters. The normalized spacial score (nSPS) is 9.96. The lowest BCUT2D eigenvalue weighted by Crippen LogP contribution is -2.06. The van der Waals surface area contributed by atoms with E-state index >= 15 is 0 Å². The third-order valence-electron chi connectivity index (χ3n) is 3.04. The SMILES string of the molecule is CC(N)=O.CCCCc1ccc(Oc2ccc(OC(C)C)nc2)cc1. The Morgan fingerprint density at radius 1 is 1.12 bits per heavy atom. The van der Waals surface area contributed by atoms with E-state index in [9.17, 15) is 4.79 Å². The number of hydrogen-bond acceptors (Lipinski definition) is 4. The molecular formula is C20H28N2O3. The van der Waals surface area contributed by atoms with Crippen LogP contribution in [-0.4, -0.2) is 17.0 Å². The smallest absolute Gasteiger partial charge is 0.214 e. The molecule has 1 amide bonds. The van der Waals surface area contributed by atoms with Gasteiger partial charge in [0.15, 0.2) is 0 Å². The van der Waals surface area contributed by atoms with Crippen molar-refractivity contribution in [2.24, 2.45) is 5.73 Å². The van der Waals surface area contributed by atoms with Crippen LogP contribution in [0.2, 0.25) is 0 Å². The fraction of sp³-hybridized carbons (Fsp3) is 0.400. The first kappa shape index (κ1) is 20.5. The Balaban J connectivity index is 0.000000705. The van der Waals surface area contributed by atoms with Gasteiger partial charge in [0.25, 0.3) is 0 Å². The Bertz CT molecular complexity index is 618. The standard InChI is InChI=1S/C18H23NO2.C2H5NO/c1-4-5-6-15-7-9-16(10-8-15)21-17-11-12-18(19-13-17)20-14(2)3;1-2(3)4/h7-14H,4-6H2,1-3H3;1H3,(H2,3,4). The summed E-state index contributed by atoms with van der Waals surface area (Å²) in [6.45, 7) is 7.47. The number of primary amides is 1. The van der Waals surface area contributed by atoms with Gasteiger partial charge in [-0.25, -0.2) is 4.98 Å². The van der Waals surface area contributed by atoms with Crippen molar-refractivity contribution in [2.45, 2.75) is 53.1 Å². The number of benzene rings is 1. The lowest BCUT2D eigenvalue weighted by atomic mass is 10.1. The van der Waals surface area contributed by atoms with Crippen LogP contribution in [0.25, 0.3) is 0 Å². The summed E-state index contributed by atoms with van der Waals surface area (Å²) in [5.41, 5.74) is 5.82. The molecule has 0 aliphatic carbocycles. The van der Waals surface area contributed by atoms with Crippen LogP contribution in [0.3, 0.4) is 0 Å². The van der Waals surface area contributed by atoms with E-state index in [0.29, 0.717) is 11.6 Å². The maximum Gasteiger partial charge on any atom is 0.214 e. The van der Waals surface area contributed by atoms with Gasteiger partial charge in [0.05, 0.1) is 12.3 Å². The minimum Gasteiger partial charge on any atom is -0.475 e. The van der Waals surface area contributed by atoms with E-state index in [-0.39, 0.29) is 12.0 Å². The number of hydrogen-bond donors (Lipinski definition) is 1. The largest absolute Gasteiger partial charge is 0.475 e. The molecule has 0 bridgehead atoms. The van der Waals surface area contributed by atoms with Crippen LogP contribution < -0.4 is 15.2 Å². The van der Waals surface area contributed by atoms with Crippen LogP contribution in [0.4, 0.5) is 0 Å². The number of unbranched alkanes of at least 4 members (excludes halogenated alkanes) is 1. The van der Waals surface area contributed by atoms with Crippen LogP contribution in [-0.2, 0) is 11.2 Å². The van der Waals surface area contributed by atoms with Crippen molar-refractivity contribution < 1.29 is 14.3 Å². The monoisotopic (exact) mass is 344 g/mol. The first-order chi connectivity index (χ1) is 11.9. The van der Waals surface area contributed by atoms with Crippen molar-refractivity contribution in [3.63, 3.8) is 0 Å². The number of amides is 1. The molecule has 0 fully saturated rings. The van der Waals surface area contributed by atoms with E-state index in [2.05, 4.69) is 29.8 Å². The lowest BCUT2D eigenvalue weighted by molar-refractivity contribution is -0.115. The zero-order valence-corrected chi connectivity index (χ0v) is 15.5. The average molecular weight is 344 g/mol. The number of nitrogens with two attached hydrogens (primary N) is 1. The highest BCUT2D eigenvalue weighted by Gasteiger charge is 2.02. The number of ether oxygens (including phenoxy) is 2. The number of rotatable bonds is 7. The topological polar surface area (TPSA) is 74.4 Å². The predicted molar refractivity (Wildman–Crippen MR) is 100.0 cm³/mol. The minimum absolute atomic E-state index is 0.125. The fourth-order valence-corrected chi connectivity index (χ4v) is 1.98. The van der Waals surface area contributed by atoms with E-state index in [0.717, 1.165) is 12.2 Å². The Kier molecular flexibility index (Phi) is 9.07. The van der Waals surface area contributed by atoms with Gasteiger partial charge in [-0.2, -0.15) is 0 Å². The van der Waals surface area contributed by atoms with Gasteiger partial charge in [0, 0.05) is 13.0 Å². The van der Waals surface area contributed by atoms with Gasteiger partial charge in [0.2, 0.25) is 11.8 Å². The molecule has 0 saturated carbocycles. The first-order valence-corrected chi connectivity index (χ1v) is 8.56. The van der Waals surface area contributed by atoms with Crippen molar-refractivity contribution in [2.75, 3.05) is 0 Å². The number of aromatic nitrogens is 1. The van der Waals surface area contributed by atoms with Crippen LogP contribution in [0, 0.1) is 0 Å². The summed E-state index contributed by atoms with van der Waals surface area (Å²) in [6, 6.07) is 11.9. The molecule has 1 aromatic heterocycles. The molecule has 0 radical (unpaired) electrons. The van der Waals surface area contributed by atoms with Crippen LogP contribution in [0.1, 0.15) is 46.1 Å². The summed E-state index contributed by atoms with van der Waals surface area (Å²) < 4.78 is 11.3. The Labute approximate surface area is 150 Å². The molecule has 25 heavy (non-hydrogen) atoms. The number of aryl methyl sites for hydroxylation is 1. The first-order valence-electron chi connectivity index (χ1n) is 8.56. The highest BCUT2D eigenvalue weighted by Crippen LogP contribution is 2.23. The predicted octanol–water partition coefficient (Wildman–Crippen LogP) is 4.50. The third kappa shape index (κ3) is 9.35. The second-order valence-corrected chi connectivity index (χ2v) is 5.96. The van der Waals surface area contributed by atoms with E-state index in [1.165, 1.54) is 25.3 Å². The fourth-order valence-electron chi connectivity index (χ4n) is 1.98. The summed E-state index contributed by atoms with van der Waals surface area (Å²) in [7, 11) is 0. The van der Waals surface area contributed by atoms with Gasteiger partial charge in [-0.05, 0) is 50.5 Å². The second-order valence-electron chi connectivity index (χ2n) is 5.96. The molecule has 2 N–H and O–H groups in total. The van der Waals surface area contributed by atoms with Gasteiger partial charge in [-0.1, -0.05) is 25.5 Å². The summed E-state index contributed by atoms with van der Waals surface area (Å²) in [5, 5.41) is 0. The number of nitrogens with zero attached hydrogens (tertiary/aromatic N) is 1. The molecule has 1 aromatic carbocycles. The number of pyridine rings is 1. The Morgan fingerprint density at radius 2 is 1.72 bits per heavy atom. The maximum atomic E-state index is 9.22. The highest BCUT2D eigenvalue weighted by molar-refractivity contribution is 5.70. The van der Waals surface area contributed by atoms with Crippen molar-refractivity contribution in [1.29, 1.82) is 0 Å². The van der Waals surface area contributed by atoms with Gasteiger partial charge in [0.1, 0.15) is 11.5 Å². The molecule has 0 aliphatic rings. The van der Waals surface area contributed by atoms with Gasteiger partial charge >= 0.3 is 0 Å². The van der Waals surface area contributed by atoms with Gasteiger partial charge in [-0.15, -0.1) is 0 Å². The summed E-state index contributed by atoms with van der Waals surface area (Å²) in [4.78, 5) is 13.4. The quantitative estimate of drug-likeness (QED) is 0.803. The molecule has 1 heterocycles. The Hall–Kier alpha value is -2.56. The van der Waals surface area contributed by atoms with E-state index in [1.807, 2.05) is 38.1 Å². The summed E-state index contributed by atoms with van der Waals surface area (Å²) >= 11 is 0. The molecule has 0 aliphatic heterocycles. The van der Waals surface area contributed by atoms with Gasteiger partial charge in [-0.3, -0.25) is 4.79 Å². The van der Waals surface area contributed by atoms with Crippen molar-refractivity contribution in [3.05, 3.63) is 48.2 Å². The number of carbonyl (C=O) groups excluding carboxylic acids is 1.